The first-order valence-corrected chi connectivity index (χ1v) is 9.60. The summed E-state index contributed by atoms with van der Waals surface area (Å²) in [5.74, 6) is -0.0132. The number of fused-ring (bicyclic) bond motifs is 1. The number of aromatic nitrogens is 1. The normalized spacial score (nSPS) is 19.4. The summed E-state index contributed by atoms with van der Waals surface area (Å²) in [7, 11) is 0. The van der Waals surface area contributed by atoms with Crippen molar-refractivity contribution in [1.29, 1.82) is 0 Å². The largest absolute Gasteiger partial charge is 0.378 e. The molecule has 0 spiro atoms. The number of amides is 2. The summed E-state index contributed by atoms with van der Waals surface area (Å²) in [5, 5.41) is 3.94. The zero-order valence-electron chi connectivity index (χ0n) is 15.4. The number of morpholine rings is 1. The maximum atomic E-state index is 12.5. The minimum Gasteiger partial charge on any atom is -0.378 e. The summed E-state index contributed by atoms with van der Waals surface area (Å²) >= 11 is 0. The van der Waals surface area contributed by atoms with E-state index in [-0.39, 0.29) is 11.8 Å². The van der Waals surface area contributed by atoms with Crippen LogP contribution < -0.4 is 11.1 Å². The maximum absolute atomic E-state index is 12.5. The standard InChI is InChI=1S/C20H26N4O3/c21-20(6-1-2-7-20)19(26)22-16-3-4-17-15(13-16)5-8-24(17)14-18(25)23-9-11-27-12-10-23/h3-5,8,13H,1-2,6-7,9-12,14,21H2,(H,22,26). The lowest BCUT2D eigenvalue weighted by Crippen LogP contribution is -2.48. The second-order valence-electron chi connectivity index (χ2n) is 7.53. The molecule has 7 heteroatoms. The number of hydrogen-bond acceptors (Lipinski definition) is 4. The molecule has 1 aromatic heterocycles. The molecule has 2 fully saturated rings. The van der Waals surface area contributed by atoms with Crippen molar-refractivity contribution in [2.75, 3.05) is 31.6 Å². The first-order chi connectivity index (χ1) is 13.0. The predicted molar refractivity (Wildman–Crippen MR) is 103 cm³/mol. The Morgan fingerprint density at radius 2 is 1.89 bits per heavy atom. The van der Waals surface area contributed by atoms with Crippen LogP contribution >= 0.6 is 0 Å². The summed E-state index contributed by atoms with van der Waals surface area (Å²) < 4.78 is 7.24. The maximum Gasteiger partial charge on any atom is 0.244 e. The van der Waals surface area contributed by atoms with Gasteiger partial charge in [-0.1, -0.05) is 12.8 Å². The lowest BCUT2D eigenvalue weighted by molar-refractivity contribution is -0.135. The highest BCUT2D eigenvalue weighted by Crippen LogP contribution is 2.29. The predicted octanol–water partition coefficient (Wildman–Crippen LogP) is 1.71. The molecule has 144 valence electrons. The SMILES string of the molecule is NC1(C(=O)Nc2ccc3c(ccn3CC(=O)N3CCOCC3)c2)CCCC1. The van der Waals surface area contributed by atoms with E-state index in [1.807, 2.05) is 39.9 Å². The molecule has 4 rings (SSSR count). The van der Waals surface area contributed by atoms with E-state index < -0.39 is 5.54 Å². The first-order valence-electron chi connectivity index (χ1n) is 9.60. The number of hydrogen-bond donors (Lipinski definition) is 2. The molecule has 2 aliphatic rings. The van der Waals surface area contributed by atoms with Crippen molar-refractivity contribution >= 4 is 28.4 Å². The molecule has 1 aromatic carbocycles. The smallest absolute Gasteiger partial charge is 0.244 e. The summed E-state index contributed by atoms with van der Waals surface area (Å²) in [6, 6.07) is 7.70. The van der Waals surface area contributed by atoms with E-state index in [0.717, 1.165) is 42.3 Å². The third-order valence-electron chi connectivity index (χ3n) is 5.65. The molecular weight excluding hydrogens is 344 g/mol. The molecule has 0 unspecified atom stereocenters. The molecule has 2 aromatic rings. The number of nitrogens with zero attached hydrogens (tertiary/aromatic N) is 2. The third-order valence-corrected chi connectivity index (χ3v) is 5.65. The minimum absolute atomic E-state index is 0.0967. The Morgan fingerprint density at radius 1 is 1.15 bits per heavy atom. The number of nitrogens with one attached hydrogen (secondary N) is 1. The number of benzene rings is 1. The van der Waals surface area contributed by atoms with Crippen molar-refractivity contribution in [1.82, 2.24) is 9.47 Å². The Kier molecular flexibility index (Phi) is 4.88. The second-order valence-corrected chi connectivity index (χ2v) is 7.53. The fourth-order valence-electron chi connectivity index (χ4n) is 3.96. The number of ether oxygens (including phenoxy) is 1. The van der Waals surface area contributed by atoms with Crippen LogP contribution in [0.15, 0.2) is 30.5 Å². The van der Waals surface area contributed by atoms with Gasteiger partial charge in [-0.25, -0.2) is 0 Å². The summed E-state index contributed by atoms with van der Waals surface area (Å²) in [5.41, 5.74) is 7.19. The molecule has 0 atom stereocenters. The minimum atomic E-state index is -0.745. The van der Waals surface area contributed by atoms with E-state index in [2.05, 4.69) is 5.32 Å². The summed E-state index contributed by atoms with van der Waals surface area (Å²) in [4.78, 5) is 26.8. The van der Waals surface area contributed by atoms with E-state index in [0.29, 0.717) is 32.8 Å². The Balaban J connectivity index is 1.46. The summed E-state index contributed by atoms with van der Waals surface area (Å²) in [6.45, 7) is 2.80. The molecule has 1 aliphatic carbocycles. The number of anilines is 1. The highest BCUT2D eigenvalue weighted by atomic mass is 16.5. The Bertz CT molecular complexity index is 848. The monoisotopic (exact) mass is 370 g/mol. The van der Waals surface area contributed by atoms with Crippen molar-refractivity contribution in [3.05, 3.63) is 30.5 Å². The number of nitrogens with two attached hydrogens (primary N) is 1. The molecule has 1 saturated carbocycles. The van der Waals surface area contributed by atoms with Crippen LogP contribution in [0.3, 0.4) is 0 Å². The highest BCUT2D eigenvalue weighted by Gasteiger charge is 2.37. The van der Waals surface area contributed by atoms with Crippen LogP contribution in [0, 0.1) is 0 Å². The van der Waals surface area contributed by atoms with Gasteiger partial charge in [0.15, 0.2) is 0 Å². The van der Waals surface area contributed by atoms with Crippen LogP contribution in [0.5, 0.6) is 0 Å². The molecule has 3 N–H and O–H groups in total. The molecule has 0 bridgehead atoms. The number of rotatable bonds is 4. The van der Waals surface area contributed by atoms with Crippen molar-refractivity contribution in [3.63, 3.8) is 0 Å². The van der Waals surface area contributed by atoms with E-state index in [1.165, 1.54) is 0 Å². The Labute approximate surface area is 158 Å². The first kappa shape index (κ1) is 18.0. The van der Waals surface area contributed by atoms with Crippen LogP contribution in [0.25, 0.3) is 10.9 Å². The van der Waals surface area contributed by atoms with Gasteiger partial charge in [0.1, 0.15) is 6.54 Å². The second kappa shape index (κ2) is 7.32. The van der Waals surface area contributed by atoms with E-state index >= 15 is 0 Å². The molecule has 0 radical (unpaired) electrons. The van der Waals surface area contributed by atoms with Gasteiger partial charge >= 0.3 is 0 Å². The fourth-order valence-corrected chi connectivity index (χ4v) is 3.96. The quantitative estimate of drug-likeness (QED) is 0.857. The van der Waals surface area contributed by atoms with E-state index in [1.54, 1.807) is 0 Å². The van der Waals surface area contributed by atoms with Gasteiger partial charge in [-0.3, -0.25) is 9.59 Å². The van der Waals surface area contributed by atoms with Crippen LogP contribution in [-0.4, -0.2) is 53.1 Å². The topological polar surface area (TPSA) is 89.6 Å². The molecule has 1 saturated heterocycles. The average molecular weight is 370 g/mol. The number of carbonyl (C=O) groups is 2. The van der Waals surface area contributed by atoms with Crippen molar-refractivity contribution < 1.29 is 14.3 Å². The van der Waals surface area contributed by atoms with Gasteiger partial charge < -0.3 is 25.3 Å². The van der Waals surface area contributed by atoms with Crippen molar-refractivity contribution in [2.45, 2.75) is 37.8 Å². The van der Waals surface area contributed by atoms with E-state index in [4.69, 9.17) is 10.5 Å². The molecular formula is C20H26N4O3. The van der Waals surface area contributed by atoms with Crippen LogP contribution in [0.4, 0.5) is 5.69 Å². The van der Waals surface area contributed by atoms with Gasteiger partial charge in [0.05, 0.1) is 18.8 Å². The van der Waals surface area contributed by atoms with Gasteiger partial charge in [0, 0.05) is 35.9 Å². The lowest BCUT2D eigenvalue weighted by atomic mass is 9.98. The Hall–Kier alpha value is -2.38. The van der Waals surface area contributed by atoms with E-state index in [9.17, 15) is 9.59 Å². The molecule has 27 heavy (non-hydrogen) atoms. The molecule has 7 nitrogen and oxygen atoms in total. The number of carbonyl (C=O) groups excluding carboxylic acids is 2. The van der Waals surface area contributed by atoms with Crippen LogP contribution in [0.1, 0.15) is 25.7 Å². The Morgan fingerprint density at radius 3 is 2.63 bits per heavy atom. The van der Waals surface area contributed by atoms with Crippen molar-refractivity contribution in [2.24, 2.45) is 5.73 Å². The average Bonchev–Trinajstić information content (AvgIpc) is 3.30. The summed E-state index contributed by atoms with van der Waals surface area (Å²) in [6.07, 6.45) is 5.39. The van der Waals surface area contributed by atoms with Crippen LogP contribution in [0.2, 0.25) is 0 Å². The zero-order valence-corrected chi connectivity index (χ0v) is 15.4. The van der Waals surface area contributed by atoms with Gasteiger partial charge in [-0.15, -0.1) is 0 Å². The van der Waals surface area contributed by atoms with Gasteiger partial charge in [0.2, 0.25) is 11.8 Å². The molecule has 1 aliphatic heterocycles. The lowest BCUT2D eigenvalue weighted by Gasteiger charge is -2.27. The van der Waals surface area contributed by atoms with Gasteiger partial charge in [0.25, 0.3) is 0 Å². The van der Waals surface area contributed by atoms with Crippen molar-refractivity contribution in [3.8, 4) is 0 Å². The fraction of sp³-hybridized carbons (Fsp3) is 0.500. The molecule has 2 heterocycles. The van der Waals surface area contributed by atoms with Crippen LogP contribution in [-0.2, 0) is 20.9 Å². The zero-order chi connectivity index (χ0) is 18.9. The molecule has 2 amide bonds. The third kappa shape index (κ3) is 3.70. The van der Waals surface area contributed by atoms with Gasteiger partial charge in [-0.05, 0) is 37.1 Å². The highest BCUT2D eigenvalue weighted by molar-refractivity contribution is 5.99. The van der Waals surface area contributed by atoms with Gasteiger partial charge in [-0.2, -0.15) is 0 Å².